The molecule has 1 unspecified atom stereocenters. The standard InChI is InChI=1S/C11H12BrNO3/c12-8-3-1-7(2-4-8)9(11(15)16)5-6-10(13)14/h1-4,9H,5-6H2,(H2,13,14)(H,15,16). The average Bonchev–Trinajstić information content (AvgIpc) is 2.20. The number of amides is 1. The molecule has 0 bridgehead atoms. The van der Waals surface area contributed by atoms with Crippen LogP contribution in [0.3, 0.4) is 0 Å². The van der Waals surface area contributed by atoms with Crippen LogP contribution < -0.4 is 5.73 Å². The number of halogens is 1. The third-order valence-corrected chi connectivity index (χ3v) is 2.78. The Kier molecular flexibility index (Phi) is 4.49. The van der Waals surface area contributed by atoms with Gasteiger partial charge in [-0.05, 0) is 24.1 Å². The van der Waals surface area contributed by atoms with Crippen LogP contribution in [0.5, 0.6) is 0 Å². The van der Waals surface area contributed by atoms with Crippen molar-refractivity contribution < 1.29 is 14.7 Å². The molecule has 5 heteroatoms. The lowest BCUT2D eigenvalue weighted by Gasteiger charge is -2.11. The second-order valence-electron chi connectivity index (χ2n) is 3.45. The summed E-state index contributed by atoms with van der Waals surface area (Å²) >= 11 is 3.27. The van der Waals surface area contributed by atoms with Gasteiger partial charge in [-0.15, -0.1) is 0 Å². The van der Waals surface area contributed by atoms with Crippen LogP contribution in [-0.4, -0.2) is 17.0 Å². The van der Waals surface area contributed by atoms with Gasteiger partial charge in [0.1, 0.15) is 0 Å². The van der Waals surface area contributed by atoms with Crippen LogP contribution in [0.25, 0.3) is 0 Å². The minimum absolute atomic E-state index is 0.0764. The Balaban J connectivity index is 2.81. The van der Waals surface area contributed by atoms with Gasteiger partial charge < -0.3 is 10.8 Å². The molecule has 4 nitrogen and oxygen atoms in total. The number of carboxylic acids is 1. The summed E-state index contributed by atoms with van der Waals surface area (Å²) in [5.74, 6) is -2.10. The molecule has 16 heavy (non-hydrogen) atoms. The maximum atomic E-state index is 11.0. The quantitative estimate of drug-likeness (QED) is 0.867. The molecular formula is C11H12BrNO3. The lowest BCUT2D eigenvalue weighted by atomic mass is 9.94. The van der Waals surface area contributed by atoms with Crippen LogP contribution >= 0.6 is 15.9 Å². The Hall–Kier alpha value is -1.36. The highest BCUT2D eigenvalue weighted by Crippen LogP contribution is 2.23. The lowest BCUT2D eigenvalue weighted by Crippen LogP contribution is -2.16. The van der Waals surface area contributed by atoms with Crippen molar-refractivity contribution in [3.63, 3.8) is 0 Å². The third-order valence-electron chi connectivity index (χ3n) is 2.25. The van der Waals surface area contributed by atoms with Gasteiger partial charge >= 0.3 is 5.97 Å². The minimum atomic E-state index is -0.941. The van der Waals surface area contributed by atoms with E-state index in [1.165, 1.54) is 0 Å². The summed E-state index contributed by atoms with van der Waals surface area (Å²) in [6.45, 7) is 0. The van der Waals surface area contributed by atoms with E-state index in [9.17, 15) is 9.59 Å². The summed E-state index contributed by atoms with van der Waals surface area (Å²) in [6, 6.07) is 7.00. The van der Waals surface area contributed by atoms with E-state index in [1.807, 2.05) is 0 Å². The maximum absolute atomic E-state index is 11.0. The highest BCUT2D eigenvalue weighted by atomic mass is 79.9. The van der Waals surface area contributed by atoms with Crippen molar-refractivity contribution in [3.8, 4) is 0 Å². The van der Waals surface area contributed by atoms with Crippen molar-refractivity contribution in [2.24, 2.45) is 5.73 Å². The third kappa shape index (κ3) is 3.66. The molecule has 0 fully saturated rings. The van der Waals surface area contributed by atoms with E-state index < -0.39 is 17.8 Å². The Morgan fingerprint density at radius 3 is 2.31 bits per heavy atom. The largest absolute Gasteiger partial charge is 0.481 e. The van der Waals surface area contributed by atoms with Gasteiger partial charge in [-0.25, -0.2) is 0 Å². The first-order valence-corrected chi connectivity index (χ1v) is 5.56. The van der Waals surface area contributed by atoms with E-state index in [0.29, 0.717) is 5.56 Å². The molecule has 0 aliphatic rings. The Morgan fingerprint density at radius 2 is 1.88 bits per heavy atom. The van der Waals surface area contributed by atoms with Crippen molar-refractivity contribution in [2.45, 2.75) is 18.8 Å². The molecule has 0 radical (unpaired) electrons. The van der Waals surface area contributed by atoms with Gasteiger partial charge in [-0.3, -0.25) is 9.59 Å². The fraction of sp³-hybridized carbons (Fsp3) is 0.273. The van der Waals surface area contributed by atoms with Crippen LogP contribution in [0.2, 0.25) is 0 Å². The van der Waals surface area contributed by atoms with E-state index in [4.69, 9.17) is 10.8 Å². The molecule has 0 heterocycles. The fourth-order valence-electron chi connectivity index (χ4n) is 1.41. The first-order chi connectivity index (χ1) is 7.50. The monoisotopic (exact) mass is 285 g/mol. The Labute approximate surface area is 102 Å². The van der Waals surface area contributed by atoms with Crippen LogP contribution in [0.1, 0.15) is 24.3 Å². The van der Waals surface area contributed by atoms with Gasteiger partial charge in [0, 0.05) is 10.9 Å². The van der Waals surface area contributed by atoms with Crippen molar-refractivity contribution in [1.29, 1.82) is 0 Å². The topological polar surface area (TPSA) is 80.4 Å². The SMILES string of the molecule is NC(=O)CCC(C(=O)O)c1ccc(Br)cc1. The predicted molar refractivity (Wildman–Crippen MR) is 62.9 cm³/mol. The summed E-state index contributed by atoms with van der Waals surface area (Å²) in [7, 11) is 0. The maximum Gasteiger partial charge on any atom is 0.310 e. The highest BCUT2D eigenvalue weighted by molar-refractivity contribution is 9.10. The van der Waals surface area contributed by atoms with Gasteiger partial charge in [0.25, 0.3) is 0 Å². The lowest BCUT2D eigenvalue weighted by molar-refractivity contribution is -0.139. The number of benzene rings is 1. The smallest absolute Gasteiger partial charge is 0.310 e. The number of carbonyl (C=O) groups excluding carboxylic acids is 1. The predicted octanol–water partition coefficient (Wildman–Crippen LogP) is 1.88. The van der Waals surface area contributed by atoms with Crippen LogP contribution in [0.15, 0.2) is 28.7 Å². The molecule has 3 N–H and O–H groups in total. The van der Waals surface area contributed by atoms with Crippen LogP contribution in [0, 0.1) is 0 Å². The number of rotatable bonds is 5. The first kappa shape index (κ1) is 12.7. The molecule has 0 saturated carbocycles. The summed E-state index contributed by atoms with van der Waals surface area (Å²) in [6.07, 6.45) is 0.305. The summed E-state index contributed by atoms with van der Waals surface area (Å²) in [5.41, 5.74) is 5.68. The number of primary amides is 1. The van der Waals surface area contributed by atoms with Crippen molar-refractivity contribution >= 4 is 27.8 Å². The highest BCUT2D eigenvalue weighted by Gasteiger charge is 2.20. The van der Waals surface area contributed by atoms with Gasteiger partial charge in [0.2, 0.25) is 5.91 Å². The molecular weight excluding hydrogens is 274 g/mol. The zero-order chi connectivity index (χ0) is 12.1. The van der Waals surface area contributed by atoms with Crippen molar-refractivity contribution in [3.05, 3.63) is 34.3 Å². The zero-order valence-electron chi connectivity index (χ0n) is 8.52. The second-order valence-corrected chi connectivity index (χ2v) is 4.36. The number of hydrogen-bond acceptors (Lipinski definition) is 2. The van der Waals surface area contributed by atoms with E-state index in [-0.39, 0.29) is 12.8 Å². The van der Waals surface area contributed by atoms with E-state index in [0.717, 1.165) is 4.47 Å². The molecule has 0 aliphatic carbocycles. The summed E-state index contributed by atoms with van der Waals surface area (Å²) in [5, 5.41) is 9.05. The van der Waals surface area contributed by atoms with Crippen LogP contribution in [0.4, 0.5) is 0 Å². The molecule has 86 valence electrons. The van der Waals surface area contributed by atoms with E-state index >= 15 is 0 Å². The molecule has 1 aromatic carbocycles. The number of carbonyl (C=O) groups is 2. The van der Waals surface area contributed by atoms with Crippen molar-refractivity contribution in [1.82, 2.24) is 0 Å². The zero-order valence-corrected chi connectivity index (χ0v) is 10.1. The summed E-state index contributed by atoms with van der Waals surface area (Å²) in [4.78, 5) is 21.7. The molecule has 0 spiro atoms. The Bertz CT molecular complexity index is 389. The average molecular weight is 286 g/mol. The van der Waals surface area contributed by atoms with Gasteiger partial charge in [-0.1, -0.05) is 28.1 Å². The number of hydrogen-bond donors (Lipinski definition) is 2. The molecule has 1 amide bonds. The van der Waals surface area contributed by atoms with Gasteiger partial charge in [0.15, 0.2) is 0 Å². The number of aliphatic carboxylic acids is 1. The molecule has 1 rings (SSSR count). The first-order valence-electron chi connectivity index (χ1n) is 4.77. The van der Waals surface area contributed by atoms with Crippen LogP contribution in [-0.2, 0) is 9.59 Å². The summed E-state index contributed by atoms with van der Waals surface area (Å²) < 4.78 is 0.885. The molecule has 1 aromatic rings. The fourth-order valence-corrected chi connectivity index (χ4v) is 1.68. The van der Waals surface area contributed by atoms with E-state index in [1.54, 1.807) is 24.3 Å². The van der Waals surface area contributed by atoms with E-state index in [2.05, 4.69) is 15.9 Å². The van der Waals surface area contributed by atoms with Gasteiger partial charge in [-0.2, -0.15) is 0 Å². The molecule has 0 aliphatic heterocycles. The second kappa shape index (κ2) is 5.65. The Morgan fingerprint density at radius 1 is 1.31 bits per heavy atom. The number of nitrogens with two attached hydrogens (primary N) is 1. The van der Waals surface area contributed by atoms with Crippen molar-refractivity contribution in [2.75, 3.05) is 0 Å². The molecule has 1 atom stereocenters. The normalized spacial score (nSPS) is 12.1. The minimum Gasteiger partial charge on any atom is -0.481 e. The number of carboxylic acid groups (broad SMARTS) is 1. The molecule has 0 saturated heterocycles. The molecule has 0 aromatic heterocycles. The van der Waals surface area contributed by atoms with Gasteiger partial charge in [0.05, 0.1) is 5.92 Å².